The number of aliphatic hydroxyl groups is 1. The van der Waals surface area contributed by atoms with E-state index in [1.54, 1.807) is 7.11 Å². The molecule has 0 spiro atoms. The lowest BCUT2D eigenvalue weighted by Gasteiger charge is -2.46. The van der Waals surface area contributed by atoms with Crippen molar-refractivity contribution in [1.82, 2.24) is 4.90 Å². The fourth-order valence-electron chi connectivity index (χ4n) is 3.36. The smallest absolute Gasteiger partial charge is 0.143 e. The van der Waals surface area contributed by atoms with E-state index in [0.29, 0.717) is 5.69 Å². The van der Waals surface area contributed by atoms with Crippen molar-refractivity contribution in [3.8, 4) is 5.75 Å². The molecule has 2 bridgehead atoms. The summed E-state index contributed by atoms with van der Waals surface area (Å²) < 4.78 is 11.4. The Morgan fingerprint density at radius 2 is 2.00 bits per heavy atom. The number of fused-ring (bicyclic) bond motifs is 2. The third-order valence-corrected chi connectivity index (χ3v) is 4.37. The molecule has 22 heavy (non-hydrogen) atoms. The Bertz CT molecular complexity index is 497. The molecule has 0 aliphatic carbocycles. The molecule has 2 unspecified atom stereocenters. The van der Waals surface area contributed by atoms with Gasteiger partial charge in [-0.15, -0.1) is 0 Å². The van der Waals surface area contributed by atoms with Crippen molar-refractivity contribution in [2.24, 2.45) is 0 Å². The SMILES string of the molecule is COc1cc(N2CC3CN(CCCO)CC(C2)O3)ccc1N. The first-order valence-corrected chi connectivity index (χ1v) is 7.86. The lowest BCUT2D eigenvalue weighted by Crippen LogP contribution is -2.59. The number of morpholine rings is 2. The summed E-state index contributed by atoms with van der Waals surface area (Å²) in [4.78, 5) is 4.75. The van der Waals surface area contributed by atoms with Gasteiger partial charge in [-0.1, -0.05) is 0 Å². The molecule has 1 aromatic rings. The molecule has 0 saturated carbocycles. The van der Waals surface area contributed by atoms with Gasteiger partial charge in [-0.2, -0.15) is 0 Å². The zero-order valence-corrected chi connectivity index (χ0v) is 13.1. The van der Waals surface area contributed by atoms with Crippen LogP contribution in [0.3, 0.4) is 0 Å². The van der Waals surface area contributed by atoms with Crippen LogP contribution in [-0.2, 0) is 4.74 Å². The van der Waals surface area contributed by atoms with Gasteiger partial charge in [-0.3, -0.25) is 4.90 Å². The molecule has 0 aromatic heterocycles. The number of benzene rings is 1. The van der Waals surface area contributed by atoms with Gasteiger partial charge in [0.15, 0.2) is 0 Å². The first-order valence-electron chi connectivity index (χ1n) is 7.86. The van der Waals surface area contributed by atoms with Gasteiger partial charge in [0.05, 0.1) is 25.0 Å². The number of nitrogens with zero attached hydrogens (tertiary/aromatic N) is 2. The first kappa shape index (κ1) is 15.4. The molecule has 2 heterocycles. The lowest BCUT2D eigenvalue weighted by atomic mass is 10.1. The average molecular weight is 307 g/mol. The molecule has 2 aliphatic rings. The Hall–Kier alpha value is -1.50. The second-order valence-electron chi connectivity index (χ2n) is 6.05. The van der Waals surface area contributed by atoms with Crippen LogP contribution < -0.4 is 15.4 Å². The fourth-order valence-corrected chi connectivity index (χ4v) is 3.36. The van der Waals surface area contributed by atoms with Crippen molar-refractivity contribution < 1.29 is 14.6 Å². The molecule has 0 amide bonds. The van der Waals surface area contributed by atoms with Crippen molar-refractivity contribution in [2.45, 2.75) is 18.6 Å². The van der Waals surface area contributed by atoms with Gasteiger partial charge in [0.2, 0.25) is 0 Å². The highest BCUT2D eigenvalue weighted by Crippen LogP contribution is 2.30. The minimum atomic E-state index is 0.217. The van der Waals surface area contributed by atoms with E-state index in [4.69, 9.17) is 20.3 Å². The summed E-state index contributed by atoms with van der Waals surface area (Å²) in [7, 11) is 1.64. The van der Waals surface area contributed by atoms with Gasteiger partial charge in [0.1, 0.15) is 5.75 Å². The third-order valence-electron chi connectivity index (χ3n) is 4.37. The van der Waals surface area contributed by atoms with Gasteiger partial charge in [-0.25, -0.2) is 0 Å². The van der Waals surface area contributed by atoms with Crippen LogP contribution in [0.25, 0.3) is 0 Å². The monoisotopic (exact) mass is 307 g/mol. The van der Waals surface area contributed by atoms with Gasteiger partial charge in [-0.05, 0) is 18.6 Å². The predicted octanol–water partition coefficient (Wildman–Crippen LogP) is 0.549. The van der Waals surface area contributed by atoms with Crippen molar-refractivity contribution in [1.29, 1.82) is 0 Å². The van der Waals surface area contributed by atoms with Crippen LogP contribution in [0.1, 0.15) is 6.42 Å². The molecule has 2 atom stereocenters. The van der Waals surface area contributed by atoms with E-state index in [1.165, 1.54) is 0 Å². The highest BCUT2D eigenvalue weighted by molar-refractivity contribution is 5.62. The van der Waals surface area contributed by atoms with Gasteiger partial charge in [0.25, 0.3) is 0 Å². The Morgan fingerprint density at radius 3 is 2.64 bits per heavy atom. The van der Waals surface area contributed by atoms with Crippen molar-refractivity contribution in [3.63, 3.8) is 0 Å². The van der Waals surface area contributed by atoms with Crippen LogP contribution in [0.5, 0.6) is 5.75 Å². The van der Waals surface area contributed by atoms with E-state index in [2.05, 4.69) is 9.80 Å². The molecular weight excluding hydrogens is 282 g/mol. The molecule has 122 valence electrons. The number of aliphatic hydroxyl groups excluding tert-OH is 1. The fraction of sp³-hybridized carbons (Fsp3) is 0.625. The highest BCUT2D eigenvalue weighted by atomic mass is 16.5. The zero-order chi connectivity index (χ0) is 15.5. The molecular formula is C16H25N3O3. The normalized spacial score (nSPS) is 25.3. The van der Waals surface area contributed by atoms with Crippen molar-refractivity contribution in [2.75, 3.05) is 57.1 Å². The summed E-state index contributed by atoms with van der Waals surface area (Å²) in [5, 5.41) is 8.97. The Morgan fingerprint density at radius 1 is 1.27 bits per heavy atom. The zero-order valence-electron chi connectivity index (χ0n) is 13.1. The minimum Gasteiger partial charge on any atom is -0.495 e. The maximum absolute atomic E-state index is 8.97. The number of rotatable bonds is 5. The molecule has 2 fully saturated rings. The number of methoxy groups -OCH3 is 1. The van der Waals surface area contributed by atoms with Crippen LogP contribution in [0.15, 0.2) is 18.2 Å². The van der Waals surface area contributed by atoms with Gasteiger partial charge >= 0.3 is 0 Å². The van der Waals surface area contributed by atoms with E-state index < -0.39 is 0 Å². The third kappa shape index (κ3) is 3.29. The number of anilines is 2. The molecule has 6 heteroatoms. The average Bonchev–Trinajstić information content (AvgIpc) is 2.52. The summed E-state index contributed by atoms with van der Waals surface area (Å²) in [6, 6.07) is 5.94. The summed E-state index contributed by atoms with van der Waals surface area (Å²) in [5.41, 5.74) is 7.69. The second kappa shape index (κ2) is 6.73. The first-order chi connectivity index (χ1) is 10.7. The molecule has 2 saturated heterocycles. The topological polar surface area (TPSA) is 71.2 Å². The van der Waals surface area contributed by atoms with Crippen LogP contribution in [0.4, 0.5) is 11.4 Å². The number of nitrogen functional groups attached to an aromatic ring is 1. The van der Waals surface area contributed by atoms with E-state index in [0.717, 1.165) is 50.6 Å². The summed E-state index contributed by atoms with van der Waals surface area (Å²) >= 11 is 0. The van der Waals surface area contributed by atoms with Crippen LogP contribution >= 0.6 is 0 Å². The Balaban J connectivity index is 1.67. The lowest BCUT2D eigenvalue weighted by molar-refractivity contribution is -0.0947. The maximum atomic E-state index is 8.97. The summed E-state index contributed by atoms with van der Waals surface area (Å²) in [6.07, 6.45) is 1.27. The number of ether oxygens (including phenoxy) is 2. The van der Waals surface area contributed by atoms with Crippen LogP contribution in [0.2, 0.25) is 0 Å². The summed E-state index contributed by atoms with van der Waals surface area (Å²) in [6.45, 7) is 4.81. The highest BCUT2D eigenvalue weighted by Gasteiger charge is 2.34. The van der Waals surface area contributed by atoms with Crippen molar-refractivity contribution >= 4 is 11.4 Å². The largest absolute Gasteiger partial charge is 0.495 e. The Kier molecular flexibility index (Phi) is 4.71. The minimum absolute atomic E-state index is 0.217. The number of hydrogen-bond donors (Lipinski definition) is 2. The van der Waals surface area contributed by atoms with Crippen molar-refractivity contribution in [3.05, 3.63) is 18.2 Å². The molecule has 1 aromatic carbocycles. The standard InChI is InChI=1S/C16H25N3O3/c1-21-16-7-12(3-4-15(16)17)19-10-13-8-18(5-2-6-20)9-14(11-19)22-13/h3-4,7,13-14,20H,2,5-6,8-11,17H2,1H3. The molecule has 3 rings (SSSR count). The van der Waals surface area contributed by atoms with E-state index in [1.807, 2.05) is 18.2 Å². The van der Waals surface area contributed by atoms with Crippen LogP contribution in [0, 0.1) is 0 Å². The molecule has 0 radical (unpaired) electrons. The van der Waals surface area contributed by atoms with Crippen LogP contribution in [-0.4, -0.2) is 68.7 Å². The molecule has 3 N–H and O–H groups in total. The number of hydrogen-bond acceptors (Lipinski definition) is 6. The summed E-state index contributed by atoms with van der Waals surface area (Å²) in [5.74, 6) is 0.721. The predicted molar refractivity (Wildman–Crippen MR) is 86.4 cm³/mol. The van der Waals surface area contributed by atoms with E-state index in [-0.39, 0.29) is 18.8 Å². The van der Waals surface area contributed by atoms with Gasteiger partial charge < -0.3 is 25.2 Å². The van der Waals surface area contributed by atoms with E-state index >= 15 is 0 Å². The Labute approximate surface area is 131 Å². The molecule has 6 nitrogen and oxygen atoms in total. The maximum Gasteiger partial charge on any atom is 0.143 e. The number of nitrogens with two attached hydrogens (primary N) is 1. The van der Waals surface area contributed by atoms with E-state index in [9.17, 15) is 0 Å². The molecule has 2 aliphatic heterocycles. The second-order valence-corrected chi connectivity index (χ2v) is 6.05. The van der Waals surface area contributed by atoms with Gasteiger partial charge in [0, 0.05) is 51.1 Å². The quantitative estimate of drug-likeness (QED) is 0.774.